The molecule has 6 nitrogen and oxygen atoms in total. The fourth-order valence-electron chi connectivity index (χ4n) is 2.69. The van der Waals surface area contributed by atoms with E-state index in [-0.39, 0.29) is 12.4 Å². The molecule has 1 aromatic heterocycles. The fourth-order valence-corrected chi connectivity index (χ4v) is 2.82. The van der Waals surface area contributed by atoms with Crippen molar-refractivity contribution in [3.8, 4) is 22.7 Å². The van der Waals surface area contributed by atoms with E-state index in [1.165, 1.54) is 0 Å². The number of aromatic nitrogens is 2. The van der Waals surface area contributed by atoms with Crippen molar-refractivity contribution < 1.29 is 14.4 Å². The van der Waals surface area contributed by atoms with Crippen LogP contribution in [-0.2, 0) is 16.1 Å². The van der Waals surface area contributed by atoms with Gasteiger partial charge in [0, 0.05) is 24.1 Å². The molecule has 3 rings (SSSR count). The van der Waals surface area contributed by atoms with E-state index in [2.05, 4.69) is 10.6 Å². The smallest absolute Gasteiger partial charge is 0.325 e. The van der Waals surface area contributed by atoms with Crippen molar-refractivity contribution in [2.45, 2.75) is 12.8 Å². The van der Waals surface area contributed by atoms with Crippen molar-refractivity contribution in [1.82, 2.24) is 15.3 Å². The van der Waals surface area contributed by atoms with E-state index in [0.717, 1.165) is 28.4 Å². The van der Waals surface area contributed by atoms with Crippen LogP contribution in [0.2, 0.25) is 5.02 Å². The number of nitrogens with one attached hydrogen (secondary N) is 1. The summed E-state index contributed by atoms with van der Waals surface area (Å²) >= 11 is 6.02. The van der Waals surface area contributed by atoms with Gasteiger partial charge in [0.15, 0.2) is 0 Å². The second kappa shape index (κ2) is 8.70. The van der Waals surface area contributed by atoms with Crippen molar-refractivity contribution in [1.29, 1.82) is 0 Å². The topological polar surface area (TPSA) is 65.4 Å². The second-order valence-corrected chi connectivity index (χ2v) is 6.25. The van der Waals surface area contributed by atoms with Crippen LogP contribution >= 0.6 is 11.6 Å². The molecule has 0 aliphatic carbocycles. The van der Waals surface area contributed by atoms with Gasteiger partial charge >= 0.3 is 5.97 Å². The molecule has 1 N–H and O–H groups in total. The Labute approximate surface area is 162 Å². The minimum atomic E-state index is -0.329. The Kier molecular flexibility index (Phi) is 6.11. The number of hydrogen-bond donors (Lipinski definition) is 1. The van der Waals surface area contributed by atoms with Crippen molar-refractivity contribution in [3.63, 3.8) is 0 Å². The third-order valence-electron chi connectivity index (χ3n) is 4.02. The first kappa shape index (κ1) is 18.9. The largest absolute Gasteiger partial charge is 0.497 e. The molecule has 0 fully saturated rings. The molecule has 0 atom stereocenters. The molecular formula is C20H20ClN3O3. The first-order valence-electron chi connectivity index (χ1n) is 8.46. The lowest BCUT2D eigenvalue weighted by Gasteiger charge is -2.08. The SMILES string of the molecule is CNOC(=O)CCc1cc(-c2ccc(Cl)cc2)n(-c2ccc(OC)cc2)n1. The Hall–Kier alpha value is -2.83. The van der Waals surface area contributed by atoms with E-state index in [1.807, 2.05) is 59.3 Å². The minimum Gasteiger partial charge on any atom is -0.497 e. The van der Waals surface area contributed by atoms with E-state index < -0.39 is 0 Å². The van der Waals surface area contributed by atoms with Crippen LogP contribution in [0, 0.1) is 0 Å². The average molecular weight is 386 g/mol. The molecule has 3 aromatic rings. The monoisotopic (exact) mass is 385 g/mol. The average Bonchev–Trinajstić information content (AvgIpc) is 3.11. The van der Waals surface area contributed by atoms with Crippen LogP contribution in [0.4, 0.5) is 0 Å². The standard InChI is InChI=1S/C20H20ClN3O3/c1-22-27-20(25)12-7-16-13-19(14-3-5-15(21)6-4-14)24(23-16)17-8-10-18(26-2)11-9-17/h3-6,8-11,13,22H,7,12H2,1-2H3. The van der Waals surface area contributed by atoms with Gasteiger partial charge in [0.1, 0.15) is 5.75 Å². The predicted octanol–water partition coefficient (Wildman–Crippen LogP) is 3.81. The molecule has 7 heteroatoms. The molecule has 0 unspecified atom stereocenters. The zero-order chi connectivity index (χ0) is 19.2. The Morgan fingerprint density at radius 3 is 2.48 bits per heavy atom. The highest BCUT2D eigenvalue weighted by molar-refractivity contribution is 6.30. The second-order valence-electron chi connectivity index (χ2n) is 5.82. The van der Waals surface area contributed by atoms with Crippen LogP contribution < -0.4 is 10.2 Å². The van der Waals surface area contributed by atoms with Crippen LogP contribution in [-0.4, -0.2) is 29.9 Å². The van der Waals surface area contributed by atoms with Gasteiger partial charge < -0.3 is 9.57 Å². The first-order chi connectivity index (χ1) is 13.1. The number of hydroxylamine groups is 1. The summed E-state index contributed by atoms with van der Waals surface area (Å²) < 4.78 is 7.07. The van der Waals surface area contributed by atoms with Gasteiger partial charge in [0.05, 0.1) is 30.6 Å². The normalized spacial score (nSPS) is 10.6. The number of methoxy groups -OCH3 is 1. The molecule has 0 amide bonds. The lowest BCUT2D eigenvalue weighted by Crippen LogP contribution is -2.15. The number of ether oxygens (including phenoxy) is 1. The van der Waals surface area contributed by atoms with E-state index in [9.17, 15) is 4.79 Å². The van der Waals surface area contributed by atoms with Crippen LogP contribution in [0.15, 0.2) is 54.6 Å². The molecule has 0 aliphatic rings. The highest BCUT2D eigenvalue weighted by Crippen LogP contribution is 2.27. The van der Waals surface area contributed by atoms with E-state index >= 15 is 0 Å². The first-order valence-corrected chi connectivity index (χ1v) is 8.84. The van der Waals surface area contributed by atoms with E-state index in [1.54, 1.807) is 14.2 Å². The lowest BCUT2D eigenvalue weighted by atomic mass is 10.1. The quantitative estimate of drug-likeness (QED) is 0.626. The molecule has 0 saturated carbocycles. The molecule has 2 aromatic carbocycles. The van der Waals surface area contributed by atoms with Gasteiger partial charge in [-0.3, -0.25) is 4.79 Å². The maximum atomic E-state index is 11.6. The molecule has 0 aliphatic heterocycles. The highest BCUT2D eigenvalue weighted by Gasteiger charge is 2.13. The Bertz CT molecular complexity index is 905. The van der Waals surface area contributed by atoms with E-state index in [0.29, 0.717) is 11.4 Å². The molecule has 0 bridgehead atoms. The van der Waals surface area contributed by atoms with Gasteiger partial charge in [0.25, 0.3) is 0 Å². The number of benzene rings is 2. The van der Waals surface area contributed by atoms with Gasteiger partial charge in [-0.05, 0) is 42.5 Å². The third-order valence-corrected chi connectivity index (χ3v) is 4.27. The number of nitrogens with zero attached hydrogens (tertiary/aromatic N) is 2. The lowest BCUT2D eigenvalue weighted by molar-refractivity contribution is -0.149. The van der Waals surface area contributed by atoms with Gasteiger partial charge in [-0.2, -0.15) is 10.6 Å². The number of rotatable bonds is 7. The molecule has 1 heterocycles. The Morgan fingerprint density at radius 1 is 1.15 bits per heavy atom. The van der Waals surface area contributed by atoms with Gasteiger partial charge in [-0.15, -0.1) is 0 Å². The molecule has 140 valence electrons. The van der Waals surface area contributed by atoms with Gasteiger partial charge in [-0.1, -0.05) is 23.7 Å². The summed E-state index contributed by atoms with van der Waals surface area (Å²) in [6.07, 6.45) is 0.713. The molecule has 0 saturated heterocycles. The Balaban J connectivity index is 1.95. The number of carbonyl (C=O) groups is 1. The van der Waals surface area contributed by atoms with Crippen LogP contribution in [0.25, 0.3) is 16.9 Å². The van der Waals surface area contributed by atoms with Crippen molar-refractivity contribution in [2.24, 2.45) is 0 Å². The van der Waals surface area contributed by atoms with Crippen molar-refractivity contribution in [3.05, 3.63) is 65.3 Å². The zero-order valence-corrected chi connectivity index (χ0v) is 15.9. The van der Waals surface area contributed by atoms with Crippen LogP contribution in [0.5, 0.6) is 5.75 Å². The minimum absolute atomic E-state index is 0.237. The van der Waals surface area contributed by atoms with E-state index in [4.69, 9.17) is 21.2 Å². The Morgan fingerprint density at radius 2 is 1.85 bits per heavy atom. The molecule has 0 spiro atoms. The summed E-state index contributed by atoms with van der Waals surface area (Å²) in [6, 6.07) is 17.2. The molecule has 0 radical (unpaired) electrons. The number of hydrogen-bond acceptors (Lipinski definition) is 5. The third kappa shape index (κ3) is 4.67. The number of aryl methyl sites for hydroxylation is 1. The zero-order valence-electron chi connectivity index (χ0n) is 15.1. The summed E-state index contributed by atoms with van der Waals surface area (Å²) in [5.41, 5.74) is 5.97. The van der Waals surface area contributed by atoms with Crippen molar-refractivity contribution in [2.75, 3.05) is 14.2 Å². The summed E-state index contributed by atoms with van der Waals surface area (Å²) in [5.74, 6) is 0.443. The van der Waals surface area contributed by atoms with Crippen LogP contribution in [0.3, 0.4) is 0 Å². The highest BCUT2D eigenvalue weighted by atomic mass is 35.5. The summed E-state index contributed by atoms with van der Waals surface area (Å²) in [6.45, 7) is 0. The summed E-state index contributed by atoms with van der Waals surface area (Å²) in [4.78, 5) is 16.4. The maximum Gasteiger partial charge on any atom is 0.325 e. The predicted molar refractivity (Wildman–Crippen MR) is 104 cm³/mol. The fraction of sp³-hybridized carbons (Fsp3) is 0.200. The summed E-state index contributed by atoms with van der Waals surface area (Å²) in [5, 5.41) is 5.35. The van der Waals surface area contributed by atoms with Gasteiger partial charge in [0.2, 0.25) is 0 Å². The maximum absolute atomic E-state index is 11.6. The molecular weight excluding hydrogens is 366 g/mol. The molecule has 27 heavy (non-hydrogen) atoms. The van der Waals surface area contributed by atoms with Crippen LogP contribution in [0.1, 0.15) is 12.1 Å². The van der Waals surface area contributed by atoms with Crippen molar-refractivity contribution >= 4 is 17.6 Å². The number of halogens is 1. The summed E-state index contributed by atoms with van der Waals surface area (Å²) in [7, 11) is 3.18. The number of carbonyl (C=O) groups excluding carboxylic acids is 1. The van der Waals surface area contributed by atoms with Gasteiger partial charge in [-0.25, -0.2) is 4.68 Å².